The minimum absolute atomic E-state index is 0.257. The van der Waals surface area contributed by atoms with Crippen LogP contribution in [0.4, 0.5) is 18.9 Å². The van der Waals surface area contributed by atoms with Crippen molar-refractivity contribution in [2.24, 2.45) is 0 Å². The van der Waals surface area contributed by atoms with Crippen LogP contribution in [0.5, 0.6) is 0 Å². The van der Waals surface area contributed by atoms with Crippen LogP contribution in [0.2, 0.25) is 0 Å². The molecule has 0 saturated heterocycles. The van der Waals surface area contributed by atoms with Crippen molar-refractivity contribution in [3.8, 4) is 0 Å². The average Bonchev–Trinajstić information content (AvgIpc) is 2.01. The van der Waals surface area contributed by atoms with Crippen molar-refractivity contribution in [3.05, 3.63) is 29.1 Å². The first-order chi connectivity index (χ1) is 6.43. The number of nitrogens with two attached hydrogens (primary N) is 1. The minimum Gasteiger partial charge on any atom is -0.398 e. The van der Waals surface area contributed by atoms with Gasteiger partial charge in [-0.25, -0.2) is 13.2 Å². The molecule has 0 amide bonds. The fourth-order valence-corrected chi connectivity index (χ4v) is 1.15. The molecule has 0 unspecified atom stereocenters. The number of hydrogen-bond acceptors (Lipinski definition) is 2. The summed E-state index contributed by atoms with van der Waals surface area (Å²) in [6, 6.07) is 1.53. The maximum Gasteiger partial charge on any atom is 0.264 e. The molecule has 0 aromatic heterocycles. The van der Waals surface area contributed by atoms with Crippen molar-refractivity contribution in [1.29, 1.82) is 0 Å². The summed E-state index contributed by atoms with van der Waals surface area (Å²) < 4.78 is 37.4. The Morgan fingerprint density at radius 1 is 1.43 bits per heavy atom. The highest BCUT2D eigenvalue weighted by atomic mass is 19.3. The van der Waals surface area contributed by atoms with Gasteiger partial charge in [0, 0.05) is 11.3 Å². The number of hydrogen-bond donors (Lipinski definition) is 1. The van der Waals surface area contributed by atoms with Crippen LogP contribution in [0, 0.1) is 5.82 Å². The van der Waals surface area contributed by atoms with Crippen LogP contribution < -0.4 is 5.73 Å². The molecule has 5 heteroatoms. The number of carbonyl (C=O) groups excluding carboxylic acids is 1. The second kappa shape index (κ2) is 3.69. The molecule has 14 heavy (non-hydrogen) atoms. The highest BCUT2D eigenvalue weighted by Gasteiger charge is 2.16. The zero-order valence-corrected chi connectivity index (χ0v) is 7.35. The van der Waals surface area contributed by atoms with Gasteiger partial charge < -0.3 is 5.73 Å². The van der Waals surface area contributed by atoms with E-state index >= 15 is 0 Å². The number of benzene rings is 1. The van der Waals surface area contributed by atoms with Crippen molar-refractivity contribution in [2.45, 2.75) is 13.3 Å². The Hall–Kier alpha value is -1.52. The van der Waals surface area contributed by atoms with E-state index in [9.17, 15) is 18.0 Å². The third-order valence-corrected chi connectivity index (χ3v) is 1.75. The third-order valence-electron chi connectivity index (χ3n) is 1.75. The van der Waals surface area contributed by atoms with E-state index in [1.54, 1.807) is 0 Å². The van der Waals surface area contributed by atoms with Crippen molar-refractivity contribution < 1.29 is 18.0 Å². The van der Waals surface area contributed by atoms with Crippen LogP contribution in [0.1, 0.15) is 29.3 Å². The predicted octanol–water partition coefficient (Wildman–Crippen LogP) is 2.55. The summed E-state index contributed by atoms with van der Waals surface area (Å²) in [4.78, 5) is 10.9. The van der Waals surface area contributed by atoms with Gasteiger partial charge in [0.15, 0.2) is 5.78 Å². The lowest BCUT2D eigenvalue weighted by Gasteiger charge is -2.06. The van der Waals surface area contributed by atoms with E-state index in [1.807, 2.05) is 0 Å². The number of anilines is 1. The van der Waals surface area contributed by atoms with Crippen LogP contribution in [0.25, 0.3) is 0 Å². The second-order valence-corrected chi connectivity index (χ2v) is 2.82. The van der Waals surface area contributed by atoms with Crippen LogP contribution in [0.3, 0.4) is 0 Å². The molecule has 0 aliphatic carbocycles. The summed E-state index contributed by atoms with van der Waals surface area (Å²) in [5, 5.41) is 0. The molecule has 0 fully saturated rings. The number of alkyl halides is 2. The molecular formula is C9H8F3NO. The van der Waals surface area contributed by atoms with Gasteiger partial charge in [-0.1, -0.05) is 0 Å². The van der Waals surface area contributed by atoms with Gasteiger partial charge in [0.2, 0.25) is 0 Å². The number of rotatable bonds is 2. The molecule has 76 valence electrons. The van der Waals surface area contributed by atoms with Gasteiger partial charge in [0.1, 0.15) is 5.82 Å². The SMILES string of the molecule is CC(=O)c1c(N)cc(C(F)F)cc1F. The molecule has 0 heterocycles. The van der Waals surface area contributed by atoms with E-state index in [0.29, 0.717) is 6.07 Å². The lowest BCUT2D eigenvalue weighted by molar-refractivity contribution is 0.101. The average molecular weight is 203 g/mol. The zero-order chi connectivity index (χ0) is 10.9. The van der Waals surface area contributed by atoms with Crippen molar-refractivity contribution >= 4 is 11.5 Å². The molecule has 2 nitrogen and oxygen atoms in total. The molecule has 1 rings (SSSR count). The van der Waals surface area contributed by atoms with Crippen LogP contribution in [-0.2, 0) is 0 Å². The summed E-state index contributed by atoms with van der Waals surface area (Å²) in [5.74, 6) is -1.59. The molecule has 0 bridgehead atoms. The smallest absolute Gasteiger partial charge is 0.264 e. The Bertz CT molecular complexity index is 353. The molecule has 1 aromatic carbocycles. The molecule has 0 atom stereocenters. The van der Waals surface area contributed by atoms with Crippen molar-refractivity contribution in [2.75, 3.05) is 5.73 Å². The highest BCUT2D eigenvalue weighted by Crippen LogP contribution is 2.25. The zero-order valence-electron chi connectivity index (χ0n) is 7.35. The topological polar surface area (TPSA) is 43.1 Å². The number of halogens is 3. The summed E-state index contributed by atoms with van der Waals surface area (Å²) in [6.45, 7) is 1.12. The van der Waals surface area contributed by atoms with E-state index in [2.05, 4.69) is 0 Å². The maximum absolute atomic E-state index is 13.1. The van der Waals surface area contributed by atoms with Crippen molar-refractivity contribution in [3.63, 3.8) is 0 Å². The standard InChI is InChI=1S/C9H8F3NO/c1-4(14)8-6(10)2-5(9(11)12)3-7(8)13/h2-3,9H,13H2,1H3. The molecule has 0 spiro atoms. The van der Waals surface area contributed by atoms with Gasteiger partial charge in [-0.2, -0.15) is 0 Å². The minimum atomic E-state index is -2.80. The first-order valence-electron chi connectivity index (χ1n) is 3.81. The summed E-state index contributed by atoms with van der Waals surface area (Å²) in [6.07, 6.45) is -2.80. The predicted molar refractivity (Wildman–Crippen MR) is 45.8 cm³/mol. The fourth-order valence-electron chi connectivity index (χ4n) is 1.15. The third kappa shape index (κ3) is 1.86. The van der Waals surface area contributed by atoms with Gasteiger partial charge in [-0.15, -0.1) is 0 Å². The molecule has 0 aliphatic rings. The van der Waals surface area contributed by atoms with Gasteiger partial charge in [-0.3, -0.25) is 4.79 Å². The Balaban J connectivity index is 3.32. The Kier molecular flexibility index (Phi) is 2.78. The monoisotopic (exact) mass is 203 g/mol. The van der Waals surface area contributed by atoms with E-state index in [0.717, 1.165) is 13.0 Å². The van der Waals surface area contributed by atoms with E-state index in [1.165, 1.54) is 0 Å². The number of Topliss-reactive ketones (excluding diaryl/α,β-unsaturated/α-hetero) is 1. The van der Waals surface area contributed by atoms with Gasteiger partial charge in [0.05, 0.1) is 5.56 Å². The normalized spacial score (nSPS) is 10.6. The fraction of sp³-hybridized carbons (Fsp3) is 0.222. The van der Waals surface area contributed by atoms with Crippen LogP contribution >= 0.6 is 0 Å². The quantitative estimate of drug-likeness (QED) is 0.592. The summed E-state index contributed by atoms with van der Waals surface area (Å²) in [5.41, 5.74) is 4.15. The summed E-state index contributed by atoms with van der Waals surface area (Å²) in [7, 11) is 0. The molecular weight excluding hydrogens is 195 g/mol. The summed E-state index contributed by atoms with van der Waals surface area (Å²) >= 11 is 0. The van der Waals surface area contributed by atoms with Crippen molar-refractivity contribution in [1.82, 2.24) is 0 Å². The molecule has 2 N–H and O–H groups in total. The van der Waals surface area contributed by atoms with Crippen LogP contribution in [-0.4, -0.2) is 5.78 Å². The number of carbonyl (C=O) groups is 1. The highest BCUT2D eigenvalue weighted by molar-refractivity contribution is 5.99. The van der Waals surface area contributed by atoms with Gasteiger partial charge in [0.25, 0.3) is 6.43 Å². The first-order valence-corrected chi connectivity index (χ1v) is 3.81. The van der Waals surface area contributed by atoms with E-state index in [-0.39, 0.29) is 11.3 Å². The lowest BCUT2D eigenvalue weighted by atomic mass is 10.1. The van der Waals surface area contributed by atoms with E-state index < -0.39 is 23.6 Å². The van der Waals surface area contributed by atoms with E-state index in [4.69, 9.17) is 5.73 Å². The maximum atomic E-state index is 13.1. The largest absolute Gasteiger partial charge is 0.398 e. The molecule has 1 aromatic rings. The Morgan fingerprint density at radius 3 is 2.36 bits per heavy atom. The Morgan fingerprint density at radius 2 is 2.00 bits per heavy atom. The number of nitrogen functional groups attached to an aromatic ring is 1. The first kappa shape index (κ1) is 10.6. The molecule has 0 aliphatic heterocycles. The number of ketones is 1. The lowest BCUT2D eigenvalue weighted by Crippen LogP contribution is -2.04. The van der Waals surface area contributed by atoms with Crippen LogP contribution in [0.15, 0.2) is 12.1 Å². The van der Waals surface area contributed by atoms with Gasteiger partial charge >= 0.3 is 0 Å². The Labute approximate surface area is 78.5 Å². The second-order valence-electron chi connectivity index (χ2n) is 2.82. The van der Waals surface area contributed by atoms with Gasteiger partial charge in [-0.05, 0) is 19.1 Å². The molecule has 0 radical (unpaired) electrons. The molecule has 0 saturated carbocycles.